The average Bonchev–Trinajstić information content (AvgIpc) is 3.07. The number of rotatable bonds is 30. The molecule has 1 aliphatic carbocycles. The van der Waals surface area contributed by atoms with Crippen LogP contribution in [0.25, 0.3) is 0 Å². The summed E-state index contributed by atoms with van der Waals surface area (Å²) in [6, 6.07) is 0. The van der Waals surface area contributed by atoms with E-state index in [-0.39, 0.29) is 12.8 Å². The lowest BCUT2D eigenvalue weighted by molar-refractivity contribution is -0.220. The molecule has 0 spiro atoms. The normalized spacial score (nSPS) is 24.3. The molecule has 14 heteroatoms. The fourth-order valence-corrected chi connectivity index (χ4v) is 6.79. The summed E-state index contributed by atoms with van der Waals surface area (Å²) >= 11 is 0. The molecule has 0 bridgehead atoms. The fourth-order valence-electron chi connectivity index (χ4n) is 5.82. The summed E-state index contributed by atoms with van der Waals surface area (Å²) in [5.41, 5.74) is 0. The van der Waals surface area contributed by atoms with E-state index in [0.29, 0.717) is 12.8 Å². The van der Waals surface area contributed by atoms with E-state index in [1.54, 1.807) is 0 Å². The average molecular weight is 727 g/mol. The highest BCUT2D eigenvalue weighted by Gasteiger charge is 2.51. The third-order valence-corrected chi connectivity index (χ3v) is 9.93. The van der Waals surface area contributed by atoms with E-state index >= 15 is 0 Å². The second-order valence-corrected chi connectivity index (χ2v) is 14.9. The van der Waals surface area contributed by atoms with Crippen molar-refractivity contribution in [3.8, 4) is 0 Å². The molecule has 0 aromatic carbocycles. The van der Waals surface area contributed by atoms with Crippen molar-refractivity contribution in [3.05, 3.63) is 0 Å². The maximum atomic E-state index is 12.6. The molecule has 6 N–H and O–H groups in total. The van der Waals surface area contributed by atoms with Gasteiger partial charge < -0.3 is 39.9 Å². The molecule has 6 unspecified atom stereocenters. The van der Waals surface area contributed by atoms with E-state index in [1.165, 1.54) is 83.5 Å². The Kier molecular flexibility index (Phi) is 25.7. The molecule has 0 aliphatic heterocycles. The van der Waals surface area contributed by atoms with Crippen LogP contribution < -0.4 is 0 Å². The molecule has 6 atom stereocenters. The number of esters is 2. The van der Waals surface area contributed by atoms with Gasteiger partial charge in [-0.15, -0.1) is 0 Å². The van der Waals surface area contributed by atoms with Crippen LogP contribution in [0.15, 0.2) is 0 Å². The summed E-state index contributed by atoms with van der Waals surface area (Å²) in [5, 5.41) is 49.7. The number of hydrogen-bond acceptors (Lipinski definition) is 12. The first-order valence-corrected chi connectivity index (χ1v) is 20.3. The first kappa shape index (κ1) is 45.9. The lowest BCUT2D eigenvalue weighted by atomic mass is 9.85. The summed E-state index contributed by atoms with van der Waals surface area (Å²) in [7, 11) is -5.09. The largest absolute Gasteiger partial charge is 0.472 e. The second kappa shape index (κ2) is 27.5. The monoisotopic (exact) mass is 726 g/mol. The lowest BCUT2D eigenvalue weighted by Crippen LogP contribution is -2.64. The molecular formula is C35H67O13P. The van der Waals surface area contributed by atoms with Crippen LogP contribution in [0.2, 0.25) is 0 Å². The van der Waals surface area contributed by atoms with Crippen molar-refractivity contribution in [1.82, 2.24) is 0 Å². The van der Waals surface area contributed by atoms with Gasteiger partial charge in [0.1, 0.15) is 43.2 Å². The van der Waals surface area contributed by atoms with E-state index in [2.05, 4.69) is 6.92 Å². The van der Waals surface area contributed by atoms with Crippen molar-refractivity contribution >= 4 is 19.8 Å². The van der Waals surface area contributed by atoms with E-state index in [9.17, 15) is 44.6 Å². The Morgan fingerprint density at radius 3 is 1.39 bits per heavy atom. The summed E-state index contributed by atoms with van der Waals surface area (Å²) in [6.07, 6.45) is 10.1. The van der Waals surface area contributed by atoms with Gasteiger partial charge in [-0.1, -0.05) is 129 Å². The first-order chi connectivity index (χ1) is 23.4. The first-order valence-electron chi connectivity index (χ1n) is 18.8. The fraction of sp³-hybridized carbons (Fsp3) is 0.943. The van der Waals surface area contributed by atoms with Crippen LogP contribution in [0.1, 0.15) is 155 Å². The summed E-state index contributed by atoms with van der Waals surface area (Å²) in [6.45, 7) is 3.07. The number of phosphoric ester groups is 1. The van der Waals surface area contributed by atoms with Crippen LogP contribution in [0.3, 0.4) is 0 Å². The molecule has 1 aliphatic rings. The van der Waals surface area contributed by atoms with Crippen molar-refractivity contribution < 1.29 is 63.1 Å². The standard InChI is InChI=1S/C35H67O13P/c1-3-5-7-8-9-10-11-12-13-14-15-16-17-18-19-20-22-24-29(37)47-27(25-45-28(36)23-21-6-4-2)26-46-49(43,44)48-35-33(41)31(39)30(38)32(40)34(35)42/h27,30-35,38-42H,3-26H2,1-2H3,(H,43,44). The molecule has 1 rings (SSSR count). The van der Waals surface area contributed by atoms with Gasteiger partial charge in [0, 0.05) is 12.8 Å². The number of ether oxygens (including phenoxy) is 2. The number of unbranched alkanes of at least 4 members (excludes halogenated alkanes) is 18. The van der Waals surface area contributed by atoms with Crippen molar-refractivity contribution in [2.75, 3.05) is 13.2 Å². The molecule has 0 heterocycles. The van der Waals surface area contributed by atoms with Crippen LogP contribution >= 0.6 is 7.82 Å². The van der Waals surface area contributed by atoms with Gasteiger partial charge in [-0.3, -0.25) is 18.6 Å². The molecule has 13 nitrogen and oxygen atoms in total. The molecule has 0 radical (unpaired) electrons. The Labute approximate surface area is 293 Å². The van der Waals surface area contributed by atoms with Crippen molar-refractivity contribution in [1.29, 1.82) is 0 Å². The predicted octanol–water partition coefficient (Wildman–Crippen LogP) is 5.38. The molecule has 49 heavy (non-hydrogen) atoms. The Bertz CT molecular complexity index is 891. The number of phosphoric acid groups is 1. The SMILES string of the molecule is CCCCCCCCCCCCCCCCCCCC(=O)OC(COC(=O)CCCCC)COP(=O)(O)OC1C(O)C(O)C(O)C(O)C1O. The van der Waals surface area contributed by atoms with Gasteiger partial charge in [-0.25, -0.2) is 4.57 Å². The highest BCUT2D eigenvalue weighted by Crippen LogP contribution is 2.47. The number of aliphatic hydroxyl groups is 5. The molecule has 1 fully saturated rings. The van der Waals surface area contributed by atoms with Crippen LogP contribution in [0, 0.1) is 0 Å². The maximum absolute atomic E-state index is 12.6. The van der Waals surface area contributed by atoms with Crippen LogP contribution in [-0.4, -0.2) is 98.3 Å². The van der Waals surface area contributed by atoms with Gasteiger partial charge in [-0.2, -0.15) is 0 Å². The van der Waals surface area contributed by atoms with Crippen LogP contribution in [0.4, 0.5) is 0 Å². The number of hydrogen-bond donors (Lipinski definition) is 6. The molecular weight excluding hydrogens is 659 g/mol. The Morgan fingerprint density at radius 1 is 0.551 bits per heavy atom. The van der Waals surface area contributed by atoms with Gasteiger partial charge >= 0.3 is 19.8 Å². The van der Waals surface area contributed by atoms with Crippen LogP contribution in [-0.2, 0) is 32.7 Å². The topological polar surface area (TPSA) is 210 Å². The number of aliphatic hydroxyl groups excluding tert-OH is 5. The quantitative estimate of drug-likeness (QED) is 0.0312. The molecule has 0 aromatic rings. The van der Waals surface area contributed by atoms with E-state index in [4.69, 9.17) is 18.5 Å². The molecule has 1 saturated carbocycles. The van der Waals surface area contributed by atoms with Gasteiger partial charge in [-0.05, 0) is 12.8 Å². The summed E-state index contributed by atoms with van der Waals surface area (Å²) in [5.74, 6) is -1.12. The Hall–Kier alpha value is -1.15. The van der Waals surface area contributed by atoms with Gasteiger partial charge in [0.2, 0.25) is 0 Å². The molecule has 290 valence electrons. The minimum atomic E-state index is -5.09. The third-order valence-electron chi connectivity index (χ3n) is 8.95. The summed E-state index contributed by atoms with van der Waals surface area (Å²) in [4.78, 5) is 34.9. The van der Waals surface area contributed by atoms with E-state index in [1.807, 2.05) is 6.92 Å². The maximum Gasteiger partial charge on any atom is 0.472 e. The lowest BCUT2D eigenvalue weighted by Gasteiger charge is -2.41. The number of carbonyl (C=O) groups excluding carboxylic acids is 2. The minimum Gasteiger partial charge on any atom is -0.462 e. The van der Waals surface area contributed by atoms with Gasteiger partial charge in [0.25, 0.3) is 0 Å². The van der Waals surface area contributed by atoms with Crippen LogP contribution in [0.5, 0.6) is 0 Å². The zero-order chi connectivity index (χ0) is 36.5. The van der Waals surface area contributed by atoms with Gasteiger partial charge in [0.15, 0.2) is 6.10 Å². The Balaban J connectivity index is 2.39. The van der Waals surface area contributed by atoms with Gasteiger partial charge in [0.05, 0.1) is 6.61 Å². The highest BCUT2D eigenvalue weighted by molar-refractivity contribution is 7.47. The smallest absolute Gasteiger partial charge is 0.462 e. The number of carbonyl (C=O) groups is 2. The molecule has 0 amide bonds. The van der Waals surface area contributed by atoms with Crippen molar-refractivity contribution in [3.63, 3.8) is 0 Å². The van der Waals surface area contributed by atoms with E-state index < -0.39 is 75.7 Å². The second-order valence-electron chi connectivity index (χ2n) is 13.4. The molecule has 0 saturated heterocycles. The van der Waals surface area contributed by atoms with Crippen molar-refractivity contribution in [2.24, 2.45) is 0 Å². The van der Waals surface area contributed by atoms with E-state index in [0.717, 1.165) is 32.1 Å². The predicted molar refractivity (Wildman–Crippen MR) is 184 cm³/mol. The zero-order valence-electron chi connectivity index (χ0n) is 30.0. The highest BCUT2D eigenvalue weighted by atomic mass is 31.2. The zero-order valence-corrected chi connectivity index (χ0v) is 30.9. The molecule has 0 aromatic heterocycles. The summed E-state index contributed by atoms with van der Waals surface area (Å²) < 4.78 is 33.0. The van der Waals surface area contributed by atoms with Crippen molar-refractivity contribution in [2.45, 2.75) is 198 Å². The Morgan fingerprint density at radius 2 is 0.918 bits per heavy atom. The third kappa shape index (κ3) is 21.1. The minimum absolute atomic E-state index is 0.103.